The van der Waals surface area contributed by atoms with Gasteiger partial charge in [-0.2, -0.15) is 0 Å². The predicted molar refractivity (Wildman–Crippen MR) is 82.1 cm³/mol. The van der Waals surface area contributed by atoms with E-state index in [0.717, 1.165) is 25.9 Å². The lowest BCUT2D eigenvalue weighted by molar-refractivity contribution is 0.0655. The Kier molecular flexibility index (Phi) is 5.44. The molecule has 116 valence electrons. The number of amides is 1. The molecule has 1 aliphatic heterocycles. The van der Waals surface area contributed by atoms with Crippen molar-refractivity contribution in [3.63, 3.8) is 0 Å². The average Bonchev–Trinajstić information content (AvgIpc) is 2.55. The van der Waals surface area contributed by atoms with E-state index in [2.05, 4.69) is 5.32 Å². The van der Waals surface area contributed by atoms with E-state index in [-0.39, 0.29) is 11.9 Å². The van der Waals surface area contributed by atoms with Crippen molar-refractivity contribution in [3.8, 4) is 11.5 Å². The number of hydrogen-bond acceptors (Lipinski definition) is 4. The van der Waals surface area contributed by atoms with Crippen LogP contribution in [0.3, 0.4) is 0 Å². The fourth-order valence-corrected chi connectivity index (χ4v) is 2.87. The first-order valence-electron chi connectivity index (χ1n) is 7.45. The van der Waals surface area contributed by atoms with E-state index in [1.54, 1.807) is 26.4 Å². The molecule has 0 bridgehead atoms. The van der Waals surface area contributed by atoms with Crippen LogP contribution >= 0.6 is 0 Å². The van der Waals surface area contributed by atoms with E-state index in [1.807, 2.05) is 17.9 Å². The highest BCUT2D eigenvalue weighted by atomic mass is 16.5. The molecule has 5 nitrogen and oxygen atoms in total. The van der Waals surface area contributed by atoms with Gasteiger partial charge in [0.25, 0.3) is 5.91 Å². The van der Waals surface area contributed by atoms with Crippen LogP contribution < -0.4 is 14.8 Å². The molecule has 0 radical (unpaired) electrons. The fourth-order valence-electron chi connectivity index (χ4n) is 2.87. The van der Waals surface area contributed by atoms with E-state index < -0.39 is 0 Å². The second-order valence-electron chi connectivity index (χ2n) is 5.13. The summed E-state index contributed by atoms with van der Waals surface area (Å²) in [6.45, 7) is 4.55. The number of rotatable bonds is 5. The number of nitrogens with zero attached hydrogens (tertiary/aromatic N) is 1. The largest absolute Gasteiger partial charge is 0.496 e. The summed E-state index contributed by atoms with van der Waals surface area (Å²) < 4.78 is 10.7. The lowest BCUT2D eigenvalue weighted by Gasteiger charge is -2.34. The maximum atomic E-state index is 13.0. The third-order valence-corrected chi connectivity index (χ3v) is 3.95. The van der Waals surface area contributed by atoms with Gasteiger partial charge in [-0.05, 0) is 38.4 Å². The number of ether oxygens (including phenoxy) is 2. The van der Waals surface area contributed by atoms with Gasteiger partial charge in [0.1, 0.15) is 17.1 Å². The van der Waals surface area contributed by atoms with E-state index in [4.69, 9.17) is 9.47 Å². The van der Waals surface area contributed by atoms with Crippen LogP contribution in [0.4, 0.5) is 0 Å². The van der Waals surface area contributed by atoms with Crippen LogP contribution in [0.1, 0.15) is 30.1 Å². The zero-order valence-electron chi connectivity index (χ0n) is 13.0. The minimum absolute atomic E-state index is 0.0273. The van der Waals surface area contributed by atoms with Crippen LogP contribution in [0.2, 0.25) is 0 Å². The van der Waals surface area contributed by atoms with Crippen LogP contribution in [0.15, 0.2) is 18.2 Å². The van der Waals surface area contributed by atoms with Crippen molar-refractivity contribution < 1.29 is 14.3 Å². The Morgan fingerprint density at radius 3 is 2.48 bits per heavy atom. The molecule has 1 aromatic rings. The first-order chi connectivity index (χ1) is 10.2. The normalized spacial score (nSPS) is 18.1. The fraction of sp³-hybridized carbons (Fsp3) is 0.562. The highest BCUT2D eigenvalue weighted by Gasteiger charge is 2.28. The lowest BCUT2D eigenvalue weighted by atomic mass is 10.0. The summed E-state index contributed by atoms with van der Waals surface area (Å²) in [7, 11) is 3.15. The monoisotopic (exact) mass is 292 g/mol. The Hall–Kier alpha value is -1.75. The molecular weight excluding hydrogens is 268 g/mol. The molecule has 1 heterocycles. The van der Waals surface area contributed by atoms with Crippen LogP contribution in [-0.2, 0) is 0 Å². The Morgan fingerprint density at radius 1 is 1.33 bits per heavy atom. The molecule has 1 aromatic carbocycles. The Morgan fingerprint density at radius 2 is 2.00 bits per heavy atom. The third kappa shape index (κ3) is 3.29. The van der Waals surface area contributed by atoms with Crippen molar-refractivity contribution >= 4 is 5.91 Å². The molecule has 21 heavy (non-hydrogen) atoms. The number of nitrogens with one attached hydrogen (secondary N) is 1. The highest BCUT2D eigenvalue weighted by molar-refractivity contribution is 6.00. The van der Waals surface area contributed by atoms with Crippen molar-refractivity contribution in [1.29, 1.82) is 0 Å². The Labute approximate surface area is 126 Å². The molecule has 1 fully saturated rings. The smallest absolute Gasteiger partial charge is 0.261 e. The number of piperidine rings is 1. The summed E-state index contributed by atoms with van der Waals surface area (Å²) in [5.74, 6) is 1.09. The van der Waals surface area contributed by atoms with Crippen LogP contribution in [0, 0.1) is 0 Å². The maximum Gasteiger partial charge on any atom is 0.261 e. The molecule has 1 N–H and O–H groups in total. The van der Waals surface area contributed by atoms with Gasteiger partial charge >= 0.3 is 0 Å². The van der Waals surface area contributed by atoms with Gasteiger partial charge in [0.05, 0.1) is 14.2 Å². The summed E-state index contributed by atoms with van der Waals surface area (Å²) in [6, 6.07) is 5.64. The number of carbonyl (C=O) groups is 1. The van der Waals surface area contributed by atoms with Crippen molar-refractivity contribution in [1.82, 2.24) is 10.2 Å². The number of methoxy groups -OCH3 is 2. The molecule has 2 rings (SSSR count). The third-order valence-electron chi connectivity index (χ3n) is 3.95. The van der Waals surface area contributed by atoms with E-state index in [1.165, 1.54) is 0 Å². The molecule has 0 saturated carbocycles. The minimum atomic E-state index is -0.0273. The second kappa shape index (κ2) is 7.31. The number of benzene rings is 1. The van der Waals surface area contributed by atoms with Gasteiger partial charge in [-0.1, -0.05) is 6.07 Å². The summed E-state index contributed by atoms with van der Waals surface area (Å²) in [5.41, 5.74) is 0.509. The van der Waals surface area contributed by atoms with Gasteiger partial charge in [0, 0.05) is 19.1 Å². The van der Waals surface area contributed by atoms with E-state index in [9.17, 15) is 4.79 Å². The maximum absolute atomic E-state index is 13.0. The van der Waals surface area contributed by atoms with Crippen LogP contribution in [0.5, 0.6) is 11.5 Å². The molecule has 1 amide bonds. The lowest BCUT2D eigenvalue weighted by Crippen LogP contribution is -2.48. The Bertz CT molecular complexity index is 462. The molecule has 1 aliphatic rings. The van der Waals surface area contributed by atoms with Crippen molar-refractivity contribution in [3.05, 3.63) is 23.8 Å². The first kappa shape index (κ1) is 15.6. The van der Waals surface area contributed by atoms with Crippen molar-refractivity contribution in [2.24, 2.45) is 0 Å². The standard InChI is InChI=1S/C16H24N2O3/c1-4-18(12-7-6-10-17-11-12)16(19)15-13(20-2)8-5-9-14(15)21-3/h5,8-9,12,17H,4,6-7,10-11H2,1-3H3. The number of likely N-dealkylation sites (N-methyl/N-ethyl adjacent to an activating group) is 1. The summed E-state index contributed by atoms with van der Waals surface area (Å²) in [6.07, 6.45) is 2.13. The molecule has 0 aromatic heterocycles. The average molecular weight is 292 g/mol. The molecule has 1 saturated heterocycles. The van der Waals surface area contributed by atoms with Gasteiger partial charge < -0.3 is 19.7 Å². The summed E-state index contributed by atoms with van der Waals surface area (Å²) >= 11 is 0. The van der Waals surface area contributed by atoms with Gasteiger partial charge in [-0.15, -0.1) is 0 Å². The molecule has 1 atom stereocenters. The van der Waals surface area contributed by atoms with Gasteiger partial charge in [-0.25, -0.2) is 0 Å². The zero-order chi connectivity index (χ0) is 15.2. The Balaban J connectivity index is 2.32. The highest BCUT2D eigenvalue weighted by Crippen LogP contribution is 2.30. The summed E-state index contributed by atoms with van der Waals surface area (Å²) in [5, 5.41) is 3.36. The molecule has 0 spiro atoms. The van der Waals surface area contributed by atoms with Crippen molar-refractivity contribution in [2.75, 3.05) is 33.9 Å². The zero-order valence-corrected chi connectivity index (χ0v) is 13.0. The van der Waals surface area contributed by atoms with E-state index in [0.29, 0.717) is 23.6 Å². The second-order valence-corrected chi connectivity index (χ2v) is 5.13. The van der Waals surface area contributed by atoms with Crippen LogP contribution in [0.25, 0.3) is 0 Å². The quantitative estimate of drug-likeness (QED) is 0.901. The predicted octanol–water partition coefficient (Wildman–Crippen LogP) is 1.92. The molecular formula is C16H24N2O3. The number of hydrogen-bond donors (Lipinski definition) is 1. The minimum Gasteiger partial charge on any atom is -0.496 e. The van der Waals surface area contributed by atoms with Crippen LogP contribution in [-0.4, -0.2) is 50.7 Å². The summed E-state index contributed by atoms with van der Waals surface area (Å²) in [4.78, 5) is 14.9. The molecule has 1 unspecified atom stereocenters. The first-order valence-corrected chi connectivity index (χ1v) is 7.45. The van der Waals surface area contributed by atoms with Gasteiger partial charge in [-0.3, -0.25) is 4.79 Å². The topological polar surface area (TPSA) is 50.8 Å². The molecule has 0 aliphatic carbocycles. The number of carbonyl (C=O) groups excluding carboxylic acids is 1. The van der Waals surface area contributed by atoms with E-state index >= 15 is 0 Å². The van der Waals surface area contributed by atoms with Crippen molar-refractivity contribution in [2.45, 2.75) is 25.8 Å². The molecule has 5 heteroatoms. The SMILES string of the molecule is CCN(C(=O)c1c(OC)cccc1OC)C1CCCNC1. The van der Waals surface area contributed by atoms with Gasteiger partial charge in [0.2, 0.25) is 0 Å². The van der Waals surface area contributed by atoms with Gasteiger partial charge in [0.15, 0.2) is 0 Å².